The number of imidazole rings is 1. The summed E-state index contributed by atoms with van der Waals surface area (Å²) in [5.74, 6) is 0. The molecule has 2 aromatic rings. The number of nitrogens with one attached hydrogen (secondary N) is 1. The van der Waals surface area contributed by atoms with E-state index in [9.17, 15) is 0 Å². The van der Waals surface area contributed by atoms with Crippen molar-refractivity contribution >= 4 is 11.1 Å². The van der Waals surface area contributed by atoms with Gasteiger partial charge in [0.25, 0.3) is 0 Å². The molecule has 74 valence electrons. The second-order valence-electron chi connectivity index (χ2n) is 3.90. The van der Waals surface area contributed by atoms with Gasteiger partial charge in [0, 0.05) is 6.42 Å². The molecule has 0 bridgehead atoms. The molecule has 1 N–H and O–H groups in total. The van der Waals surface area contributed by atoms with Crippen LogP contribution in [0.3, 0.4) is 0 Å². The summed E-state index contributed by atoms with van der Waals surface area (Å²) in [6.07, 6.45) is 4.65. The molecule has 2 nitrogen and oxygen atoms in total. The van der Waals surface area contributed by atoms with Crippen molar-refractivity contribution in [2.75, 3.05) is 0 Å². The van der Waals surface area contributed by atoms with Gasteiger partial charge in [-0.25, -0.2) is 4.98 Å². The summed E-state index contributed by atoms with van der Waals surface area (Å²) < 4.78 is 0. The van der Waals surface area contributed by atoms with E-state index in [1.54, 1.807) is 6.33 Å². The molecule has 0 saturated carbocycles. The van der Waals surface area contributed by atoms with E-state index in [0.29, 0.717) is 0 Å². The van der Waals surface area contributed by atoms with Crippen LogP contribution in [0.15, 0.2) is 36.8 Å². The molecule has 2 heteroatoms. The maximum absolute atomic E-state index is 4.07. The molecule has 15 heavy (non-hydrogen) atoms. The quantitative estimate of drug-likeness (QED) is 0.746. The lowest BCUT2D eigenvalue weighted by molar-refractivity contribution is 1.26. The number of H-pyrrole nitrogens is 1. The van der Waals surface area contributed by atoms with Crippen LogP contribution in [0.1, 0.15) is 23.7 Å². The highest BCUT2D eigenvalue weighted by Crippen LogP contribution is 2.36. The van der Waals surface area contributed by atoms with Crippen LogP contribution in [0.4, 0.5) is 0 Å². The van der Waals surface area contributed by atoms with Crippen molar-refractivity contribution in [2.45, 2.75) is 13.3 Å². The Hall–Kier alpha value is -1.83. The van der Waals surface area contributed by atoms with Crippen LogP contribution in [0, 0.1) is 0 Å². The standard InChI is InChI=1S/C13H12N2/c1-9-11-5-3-2-4-10(11)6-12(9)13-7-14-8-15-13/h2-5,7-8H,6H2,1H3,(H,14,15). The predicted molar refractivity (Wildman–Crippen MR) is 61.2 cm³/mol. The van der Waals surface area contributed by atoms with Crippen LogP contribution in [0.5, 0.6) is 0 Å². The van der Waals surface area contributed by atoms with Crippen LogP contribution < -0.4 is 0 Å². The molecule has 0 atom stereocenters. The maximum Gasteiger partial charge on any atom is 0.0924 e. The molecular formula is C13H12N2. The minimum absolute atomic E-state index is 1.02. The molecule has 0 amide bonds. The maximum atomic E-state index is 4.07. The highest BCUT2D eigenvalue weighted by Gasteiger charge is 2.19. The van der Waals surface area contributed by atoms with Crippen molar-refractivity contribution in [2.24, 2.45) is 0 Å². The third-order valence-corrected chi connectivity index (χ3v) is 3.06. The van der Waals surface area contributed by atoms with Gasteiger partial charge < -0.3 is 4.98 Å². The fraction of sp³-hybridized carbons (Fsp3) is 0.154. The zero-order valence-corrected chi connectivity index (χ0v) is 8.62. The number of allylic oxidation sites excluding steroid dienone is 2. The van der Waals surface area contributed by atoms with Crippen LogP contribution in [0.2, 0.25) is 0 Å². The topological polar surface area (TPSA) is 28.7 Å². The number of hydrogen-bond donors (Lipinski definition) is 1. The van der Waals surface area contributed by atoms with Gasteiger partial charge in [-0.05, 0) is 29.2 Å². The number of fused-ring (bicyclic) bond motifs is 1. The molecule has 3 rings (SSSR count). The lowest BCUT2D eigenvalue weighted by Gasteiger charge is -1.99. The average Bonchev–Trinajstić information content (AvgIpc) is 2.87. The van der Waals surface area contributed by atoms with Crippen molar-refractivity contribution in [3.05, 3.63) is 53.6 Å². The summed E-state index contributed by atoms with van der Waals surface area (Å²) >= 11 is 0. The third kappa shape index (κ3) is 1.22. The molecule has 0 saturated heterocycles. The Kier molecular flexibility index (Phi) is 1.75. The number of aromatic nitrogens is 2. The van der Waals surface area contributed by atoms with Gasteiger partial charge in [0.1, 0.15) is 0 Å². The van der Waals surface area contributed by atoms with Crippen molar-refractivity contribution < 1.29 is 0 Å². The molecule has 1 aliphatic rings. The van der Waals surface area contributed by atoms with E-state index in [1.807, 2.05) is 6.20 Å². The Morgan fingerprint density at radius 2 is 2.13 bits per heavy atom. The first-order chi connectivity index (χ1) is 7.36. The van der Waals surface area contributed by atoms with Gasteiger partial charge >= 0.3 is 0 Å². The first kappa shape index (κ1) is 8.48. The molecule has 1 aromatic heterocycles. The predicted octanol–water partition coefficient (Wildman–Crippen LogP) is 2.90. The van der Waals surface area contributed by atoms with E-state index in [4.69, 9.17) is 0 Å². The lowest BCUT2D eigenvalue weighted by Crippen LogP contribution is -1.85. The van der Waals surface area contributed by atoms with Gasteiger partial charge in [-0.1, -0.05) is 24.3 Å². The highest BCUT2D eigenvalue weighted by atomic mass is 14.9. The van der Waals surface area contributed by atoms with E-state index in [2.05, 4.69) is 41.2 Å². The van der Waals surface area contributed by atoms with Crippen molar-refractivity contribution in [3.63, 3.8) is 0 Å². The SMILES string of the molecule is CC1=C(c2cnc[nH]2)Cc2ccccc21. The molecule has 1 aromatic carbocycles. The molecule has 0 aliphatic heterocycles. The minimum atomic E-state index is 1.02. The minimum Gasteiger partial charge on any atom is -0.345 e. The summed E-state index contributed by atoms with van der Waals surface area (Å²) in [6.45, 7) is 2.18. The smallest absolute Gasteiger partial charge is 0.0924 e. The summed E-state index contributed by atoms with van der Waals surface area (Å²) in [4.78, 5) is 7.25. The van der Waals surface area contributed by atoms with Gasteiger partial charge in [0.2, 0.25) is 0 Å². The molecule has 0 radical (unpaired) electrons. The Balaban J connectivity index is 2.13. The molecule has 1 aliphatic carbocycles. The molecule has 0 unspecified atom stereocenters. The van der Waals surface area contributed by atoms with Crippen molar-refractivity contribution in [3.8, 4) is 0 Å². The Morgan fingerprint density at radius 1 is 1.27 bits per heavy atom. The van der Waals surface area contributed by atoms with Crippen LogP contribution in [-0.4, -0.2) is 9.97 Å². The largest absolute Gasteiger partial charge is 0.345 e. The first-order valence-electron chi connectivity index (χ1n) is 5.13. The van der Waals surface area contributed by atoms with Gasteiger partial charge in [0.15, 0.2) is 0 Å². The van der Waals surface area contributed by atoms with Gasteiger partial charge in [-0.2, -0.15) is 0 Å². The zero-order chi connectivity index (χ0) is 10.3. The molecule has 0 fully saturated rings. The fourth-order valence-electron chi connectivity index (χ4n) is 2.24. The number of nitrogens with zero attached hydrogens (tertiary/aromatic N) is 1. The van der Waals surface area contributed by atoms with Gasteiger partial charge in [0.05, 0.1) is 18.2 Å². The second-order valence-corrected chi connectivity index (χ2v) is 3.90. The van der Waals surface area contributed by atoms with Crippen molar-refractivity contribution in [1.82, 2.24) is 9.97 Å². The normalized spacial score (nSPS) is 14.5. The summed E-state index contributed by atoms with van der Waals surface area (Å²) in [5.41, 5.74) is 6.67. The van der Waals surface area contributed by atoms with Gasteiger partial charge in [-0.15, -0.1) is 0 Å². The third-order valence-electron chi connectivity index (χ3n) is 3.06. The monoisotopic (exact) mass is 196 g/mol. The van der Waals surface area contributed by atoms with E-state index >= 15 is 0 Å². The Labute approximate surface area is 88.7 Å². The highest BCUT2D eigenvalue weighted by molar-refractivity contribution is 5.95. The Bertz CT molecular complexity index is 521. The lowest BCUT2D eigenvalue weighted by atomic mass is 10.1. The van der Waals surface area contributed by atoms with Crippen LogP contribution >= 0.6 is 0 Å². The summed E-state index contributed by atoms with van der Waals surface area (Å²) in [5, 5.41) is 0. The average molecular weight is 196 g/mol. The summed E-state index contributed by atoms with van der Waals surface area (Å²) in [7, 11) is 0. The first-order valence-corrected chi connectivity index (χ1v) is 5.13. The second kappa shape index (κ2) is 3.09. The molecule has 1 heterocycles. The molecular weight excluding hydrogens is 184 g/mol. The van der Waals surface area contributed by atoms with E-state index < -0.39 is 0 Å². The van der Waals surface area contributed by atoms with E-state index in [-0.39, 0.29) is 0 Å². The number of rotatable bonds is 1. The number of hydrogen-bond acceptors (Lipinski definition) is 1. The van der Waals surface area contributed by atoms with Crippen LogP contribution in [-0.2, 0) is 6.42 Å². The fourth-order valence-corrected chi connectivity index (χ4v) is 2.24. The number of aromatic amines is 1. The zero-order valence-electron chi connectivity index (χ0n) is 8.62. The summed E-state index contributed by atoms with van der Waals surface area (Å²) in [6, 6.07) is 8.58. The van der Waals surface area contributed by atoms with Gasteiger partial charge in [-0.3, -0.25) is 0 Å². The van der Waals surface area contributed by atoms with Crippen molar-refractivity contribution in [1.29, 1.82) is 0 Å². The molecule has 0 spiro atoms. The number of benzene rings is 1. The Morgan fingerprint density at radius 3 is 2.87 bits per heavy atom. The van der Waals surface area contributed by atoms with Crippen LogP contribution in [0.25, 0.3) is 11.1 Å². The van der Waals surface area contributed by atoms with E-state index in [1.165, 1.54) is 22.3 Å². The van der Waals surface area contributed by atoms with E-state index in [0.717, 1.165) is 12.1 Å².